The first kappa shape index (κ1) is 20.9. The fraction of sp³-hybridized carbons (Fsp3) is 0.688. The van der Waals surface area contributed by atoms with Crippen molar-refractivity contribution < 1.29 is 14.3 Å². The number of nitrogens with one attached hydrogen (secondary N) is 1. The first-order valence-electron chi connectivity index (χ1n) is 7.88. The molecule has 1 aliphatic rings. The lowest BCUT2D eigenvalue weighted by Gasteiger charge is -2.25. The number of halogens is 1. The molecule has 0 bridgehead atoms. The second kappa shape index (κ2) is 8.27. The molecule has 1 amide bonds. The molecule has 1 saturated carbocycles. The van der Waals surface area contributed by atoms with E-state index < -0.39 is 5.97 Å². The highest BCUT2D eigenvalue weighted by Gasteiger charge is 2.30. The van der Waals surface area contributed by atoms with Gasteiger partial charge in [-0.3, -0.25) is 4.79 Å². The number of hydrogen-bond acceptors (Lipinski definition) is 6. The first-order chi connectivity index (χ1) is 10.7. The molecule has 1 aromatic heterocycles. The molecule has 136 valence electrons. The van der Waals surface area contributed by atoms with Gasteiger partial charge in [-0.2, -0.15) is 0 Å². The summed E-state index contributed by atoms with van der Waals surface area (Å²) < 4.78 is 4.82. The minimum Gasteiger partial charge on any atom is -0.465 e. The molecule has 0 spiro atoms. The molecule has 6 nitrogen and oxygen atoms in total. The van der Waals surface area contributed by atoms with Crippen molar-refractivity contribution in [3.63, 3.8) is 0 Å². The van der Waals surface area contributed by atoms with Crippen molar-refractivity contribution >= 4 is 40.8 Å². The summed E-state index contributed by atoms with van der Waals surface area (Å²) in [5.74, 6) is -0.569. The summed E-state index contributed by atoms with van der Waals surface area (Å²) in [4.78, 5) is 29.2. The number of nitrogens with zero attached hydrogens (tertiary/aromatic N) is 1. The van der Waals surface area contributed by atoms with E-state index in [2.05, 4.69) is 10.3 Å². The minimum absolute atomic E-state index is 0. The van der Waals surface area contributed by atoms with Crippen LogP contribution in [0, 0.1) is 5.92 Å². The molecule has 0 radical (unpaired) electrons. The molecule has 1 aromatic rings. The topological polar surface area (TPSA) is 94.3 Å². The van der Waals surface area contributed by atoms with Gasteiger partial charge in [0.1, 0.15) is 4.88 Å². The number of carbonyl (C=O) groups is 2. The molecule has 0 aromatic carbocycles. The number of anilines is 1. The highest BCUT2D eigenvalue weighted by Crippen LogP contribution is 2.33. The third-order valence-electron chi connectivity index (χ3n) is 4.02. The number of methoxy groups -OCH3 is 1. The predicted octanol–water partition coefficient (Wildman–Crippen LogP) is 3.11. The molecular weight excluding hydrogens is 350 g/mol. The van der Waals surface area contributed by atoms with Gasteiger partial charge in [-0.05, 0) is 19.3 Å². The summed E-state index contributed by atoms with van der Waals surface area (Å²) in [6.07, 6.45) is 3.49. The van der Waals surface area contributed by atoms with E-state index in [0.717, 1.165) is 30.6 Å². The van der Waals surface area contributed by atoms with Gasteiger partial charge in [0.2, 0.25) is 5.91 Å². The summed E-state index contributed by atoms with van der Waals surface area (Å²) in [6, 6.07) is 0.0894. The van der Waals surface area contributed by atoms with E-state index in [-0.39, 0.29) is 35.7 Å². The van der Waals surface area contributed by atoms with Gasteiger partial charge in [-0.1, -0.05) is 38.5 Å². The molecule has 24 heavy (non-hydrogen) atoms. The van der Waals surface area contributed by atoms with Crippen molar-refractivity contribution in [2.75, 3.05) is 12.4 Å². The Kier molecular flexibility index (Phi) is 7.19. The second-order valence-corrected chi connectivity index (χ2v) is 8.05. The van der Waals surface area contributed by atoms with Crippen molar-refractivity contribution in [1.29, 1.82) is 0 Å². The quantitative estimate of drug-likeness (QED) is 0.791. The van der Waals surface area contributed by atoms with Crippen LogP contribution in [0.25, 0.3) is 0 Å². The van der Waals surface area contributed by atoms with Gasteiger partial charge >= 0.3 is 5.97 Å². The number of carbonyl (C=O) groups excluding carboxylic acids is 2. The number of nitrogens with two attached hydrogens (primary N) is 1. The van der Waals surface area contributed by atoms with Crippen molar-refractivity contribution in [3.8, 4) is 0 Å². The van der Waals surface area contributed by atoms with Crippen LogP contribution < -0.4 is 11.1 Å². The van der Waals surface area contributed by atoms with Crippen LogP contribution >= 0.6 is 23.7 Å². The van der Waals surface area contributed by atoms with Crippen LogP contribution in [0.3, 0.4) is 0 Å². The van der Waals surface area contributed by atoms with Gasteiger partial charge in [0.25, 0.3) is 0 Å². The van der Waals surface area contributed by atoms with Crippen molar-refractivity contribution in [3.05, 3.63) is 10.6 Å². The van der Waals surface area contributed by atoms with Crippen LogP contribution in [-0.4, -0.2) is 30.0 Å². The zero-order chi connectivity index (χ0) is 17.2. The highest BCUT2D eigenvalue weighted by molar-refractivity contribution is 7.17. The van der Waals surface area contributed by atoms with E-state index in [1.807, 2.05) is 20.8 Å². The van der Waals surface area contributed by atoms with Crippen molar-refractivity contribution in [1.82, 2.24) is 4.98 Å². The molecule has 2 atom stereocenters. The summed E-state index contributed by atoms with van der Waals surface area (Å²) in [7, 11) is 1.34. The maximum absolute atomic E-state index is 12.4. The van der Waals surface area contributed by atoms with Crippen LogP contribution in [0.2, 0.25) is 0 Å². The second-order valence-electron chi connectivity index (χ2n) is 7.05. The standard InChI is InChI=1S/C16H25N3O3S.ClH/c1-16(2,3)12-11(14(21)22-4)23-15(18-12)19-13(20)9-6-5-7-10(17)8-9;/h9-10H,5-8,17H2,1-4H3,(H,18,19,20);1H. The minimum atomic E-state index is -0.424. The van der Waals surface area contributed by atoms with Crippen LogP contribution in [0.15, 0.2) is 0 Å². The molecule has 1 fully saturated rings. The summed E-state index contributed by atoms with van der Waals surface area (Å²) >= 11 is 1.16. The Bertz CT molecular complexity index is 598. The monoisotopic (exact) mass is 375 g/mol. The van der Waals surface area contributed by atoms with E-state index in [4.69, 9.17) is 10.5 Å². The maximum atomic E-state index is 12.4. The number of thiazole rings is 1. The van der Waals surface area contributed by atoms with E-state index >= 15 is 0 Å². The zero-order valence-corrected chi connectivity index (χ0v) is 16.2. The third-order valence-corrected chi connectivity index (χ3v) is 4.97. The SMILES string of the molecule is COC(=O)c1sc(NC(=O)C2CCCC(N)C2)nc1C(C)(C)C.Cl. The number of hydrogen-bond donors (Lipinski definition) is 2. The lowest BCUT2D eigenvalue weighted by molar-refractivity contribution is -0.120. The molecule has 1 heterocycles. The smallest absolute Gasteiger partial charge is 0.350 e. The van der Waals surface area contributed by atoms with Crippen LogP contribution in [-0.2, 0) is 14.9 Å². The Hall–Kier alpha value is -1.18. The average Bonchev–Trinajstić information content (AvgIpc) is 2.90. The fourth-order valence-corrected chi connectivity index (χ4v) is 3.88. The number of esters is 1. The Morgan fingerprint density at radius 1 is 1.33 bits per heavy atom. The Morgan fingerprint density at radius 3 is 2.54 bits per heavy atom. The van der Waals surface area contributed by atoms with Crippen LogP contribution in [0.1, 0.15) is 61.8 Å². The van der Waals surface area contributed by atoms with E-state index in [1.54, 1.807) is 0 Å². The van der Waals surface area contributed by atoms with Gasteiger partial charge in [0.05, 0.1) is 12.8 Å². The Labute approximate surface area is 153 Å². The molecule has 1 aliphatic carbocycles. The Balaban J connectivity index is 0.00000288. The Morgan fingerprint density at radius 2 is 2.00 bits per heavy atom. The number of aromatic nitrogens is 1. The number of ether oxygens (including phenoxy) is 1. The van der Waals surface area contributed by atoms with Crippen LogP contribution in [0.4, 0.5) is 5.13 Å². The molecule has 0 saturated heterocycles. The molecule has 2 unspecified atom stereocenters. The largest absolute Gasteiger partial charge is 0.465 e. The lowest BCUT2D eigenvalue weighted by Crippen LogP contribution is -2.34. The van der Waals surface area contributed by atoms with E-state index in [0.29, 0.717) is 22.1 Å². The summed E-state index contributed by atoms with van der Waals surface area (Å²) in [5.41, 5.74) is 6.28. The van der Waals surface area contributed by atoms with Crippen LogP contribution in [0.5, 0.6) is 0 Å². The van der Waals surface area contributed by atoms with Crippen molar-refractivity contribution in [2.45, 2.75) is 57.9 Å². The molecule has 0 aliphatic heterocycles. The molecule has 8 heteroatoms. The normalized spacial score (nSPS) is 20.9. The summed E-state index contributed by atoms with van der Waals surface area (Å²) in [6.45, 7) is 5.92. The average molecular weight is 376 g/mol. The fourth-order valence-electron chi connectivity index (χ4n) is 2.79. The third kappa shape index (κ3) is 4.91. The van der Waals surface area contributed by atoms with Gasteiger partial charge in [-0.15, -0.1) is 12.4 Å². The molecule has 3 N–H and O–H groups in total. The molecular formula is C16H26ClN3O3S. The number of rotatable bonds is 3. The van der Waals surface area contributed by atoms with Gasteiger partial charge < -0.3 is 15.8 Å². The lowest BCUT2D eigenvalue weighted by atomic mass is 9.85. The van der Waals surface area contributed by atoms with Gasteiger partial charge in [-0.25, -0.2) is 9.78 Å². The van der Waals surface area contributed by atoms with Gasteiger partial charge in [0.15, 0.2) is 5.13 Å². The van der Waals surface area contributed by atoms with E-state index in [9.17, 15) is 9.59 Å². The first-order valence-corrected chi connectivity index (χ1v) is 8.70. The predicted molar refractivity (Wildman–Crippen MR) is 98.0 cm³/mol. The van der Waals surface area contributed by atoms with E-state index in [1.165, 1.54) is 7.11 Å². The zero-order valence-electron chi connectivity index (χ0n) is 14.5. The summed E-state index contributed by atoms with van der Waals surface area (Å²) in [5, 5.41) is 3.29. The molecule has 2 rings (SSSR count). The highest BCUT2D eigenvalue weighted by atomic mass is 35.5. The maximum Gasteiger partial charge on any atom is 0.350 e. The number of amides is 1. The van der Waals surface area contributed by atoms with Crippen molar-refractivity contribution in [2.24, 2.45) is 11.7 Å². The van der Waals surface area contributed by atoms with Gasteiger partial charge in [0, 0.05) is 17.4 Å².